The van der Waals surface area contributed by atoms with Gasteiger partial charge >= 0.3 is 0 Å². The standard InChI is InChI=1S/C15H17ClFN3/c1-9-14(16)10(2)20(19-9)15-11(4-3-5-13(15)17)8-18-12-6-7-12/h3-5,12,18H,6-8H2,1-2H3. The zero-order valence-corrected chi connectivity index (χ0v) is 12.3. The molecule has 20 heavy (non-hydrogen) atoms. The van der Waals surface area contributed by atoms with Gasteiger partial charge in [-0.2, -0.15) is 5.10 Å². The van der Waals surface area contributed by atoms with Crippen LogP contribution in [0.2, 0.25) is 5.02 Å². The molecular formula is C15H17ClFN3. The van der Waals surface area contributed by atoms with Gasteiger partial charge in [0, 0.05) is 12.6 Å². The third-order valence-electron chi connectivity index (χ3n) is 3.64. The first kappa shape index (κ1) is 13.6. The van der Waals surface area contributed by atoms with Crippen molar-refractivity contribution in [1.29, 1.82) is 0 Å². The van der Waals surface area contributed by atoms with Crippen LogP contribution >= 0.6 is 11.6 Å². The van der Waals surface area contributed by atoms with Crippen LogP contribution < -0.4 is 5.32 Å². The lowest BCUT2D eigenvalue weighted by atomic mass is 10.1. The summed E-state index contributed by atoms with van der Waals surface area (Å²) in [7, 11) is 0. The number of rotatable bonds is 4. The van der Waals surface area contributed by atoms with Crippen molar-refractivity contribution < 1.29 is 4.39 Å². The zero-order chi connectivity index (χ0) is 14.3. The molecule has 5 heteroatoms. The molecule has 0 saturated heterocycles. The summed E-state index contributed by atoms with van der Waals surface area (Å²) in [5.41, 5.74) is 2.88. The largest absolute Gasteiger partial charge is 0.310 e. The summed E-state index contributed by atoms with van der Waals surface area (Å²) in [6.07, 6.45) is 2.41. The van der Waals surface area contributed by atoms with Gasteiger partial charge < -0.3 is 5.32 Å². The molecule has 1 saturated carbocycles. The summed E-state index contributed by atoms with van der Waals surface area (Å²) in [5.74, 6) is -0.276. The summed E-state index contributed by atoms with van der Waals surface area (Å²) >= 11 is 6.17. The van der Waals surface area contributed by atoms with E-state index in [0.29, 0.717) is 29.0 Å². The van der Waals surface area contributed by atoms with Gasteiger partial charge in [0.1, 0.15) is 11.5 Å². The summed E-state index contributed by atoms with van der Waals surface area (Å²) < 4.78 is 15.9. The summed E-state index contributed by atoms with van der Waals surface area (Å²) in [6.45, 7) is 4.33. The molecule has 1 heterocycles. The highest BCUT2D eigenvalue weighted by Crippen LogP contribution is 2.27. The van der Waals surface area contributed by atoms with E-state index in [1.165, 1.54) is 18.9 Å². The lowest BCUT2D eigenvalue weighted by molar-refractivity contribution is 0.597. The van der Waals surface area contributed by atoms with Crippen molar-refractivity contribution >= 4 is 11.6 Å². The van der Waals surface area contributed by atoms with Crippen molar-refractivity contribution in [1.82, 2.24) is 15.1 Å². The van der Waals surface area contributed by atoms with Crippen LogP contribution in [0.15, 0.2) is 18.2 Å². The Morgan fingerprint density at radius 2 is 2.15 bits per heavy atom. The highest BCUT2D eigenvalue weighted by atomic mass is 35.5. The lowest BCUT2D eigenvalue weighted by Crippen LogP contribution is -2.18. The highest BCUT2D eigenvalue weighted by molar-refractivity contribution is 6.31. The molecule has 0 radical (unpaired) electrons. The smallest absolute Gasteiger partial charge is 0.149 e. The summed E-state index contributed by atoms with van der Waals surface area (Å²) in [4.78, 5) is 0. The fraction of sp³-hybridized carbons (Fsp3) is 0.400. The van der Waals surface area contributed by atoms with Gasteiger partial charge in [-0.15, -0.1) is 0 Å². The number of benzene rings is 1. The van der Waals surface area contributed by atoms with E-state index in [-0.39, 0.29) is 5.82 Å². The Bertz CT molecular complexity index is 647. The van der Waals surface area contributed by atoms with Gasteiger partial charge in [0.25, 0.3) is 0 Å². The van der Waals surface area contributed by atoms with Crippen molar-refractivity contribution in [3.8, 4) is 5.69 Å². The van der Waals surface area contributed by atoms with Crippen LogP contribution in [-0.4, -0.2) is 15.8 Å². The molecule has 0 aliphatic heterocycles. The maximum absolute atomic E-state index is 14.3. The second-order valence-corrected chi connectivity index (χ2v) is 5.68. The van der Waals surface area contributed by atoms with Gasteiger partial charge in [0.2, 0.25) is 0 Å². The molecule has 3 nitrogen and oxygen atoms in total. The minimum atomic E-state index is -0.276. The molecule has 0 unspecified atom stereocenters. The van der Waals surface area contributed by atoms with Crippen molar-refractivity contribution in [3.05, 3.63) is 46.0 Å². The van der Waals surface area contributed by atoms with E-state index in [1.54, 1.807) is 10.7 Å². The third kappa shape index (κ3) is 2.45. The molecule has 0 amide bonds. The second-order valence-electron chi connectivity index (χ2n) is 5.30. The predicted molar refractivity (Wildman–Crippen MR) is 77.9 cm³/mol. The Morgan fingerprint density at radius 1 is 1.40 bits per heavy atom. The molecule has 1 fully saturated rings. The summed E-state index contributed by atoms with van der Waals surface area (Å²) in [6, 6.07) is 5.70. The molecule has 1 aliphatic rings. The van der Waals surface area contributed by atoms with Crippen molar-refractivity contribution in [2.24, 2.45) is 0 Å². The van der Waals surface area contributed by atoms with Gasteiger partial charge in [0.05, 0.1) is 16.4 Å². The van der Waals surface area contributed by atoms with Gasteiger partial charge in [0.15, 0.2) is 0 Å². The maximum atomic E-state index is 14.3. The maximum Gasteiger partial charge on any atom is 0.149 e. The number of para-hydroxylation sites is 1. The average molecular weight is 294 g/mol. The van der Waals surface area contributed by atoms with Crippen LogP contribution in [0.1, 0.15) is 29.8 Å². The first-order valence-electron chi connectivity index (χ1n) is 6.81. The van der Waals surface area contributed by atoms with Crippen molar-refractivity contribution in [2.45, 2.75) is 39.3 Å². The molecule has 2 aromatic rings. The van der Waals surface area contributed by atoms with Crippen LogP contribution in [0.4, 0.5) is 4.39 Å². The lowest BCUT2D eigenvalue weighted by Gasteiger charge is -2.13. The number of nitrogens with zero attached hydrogens (tertiary/aromatic N) is 2. The average Bonchev–Trinajstić information content (AvgIpc) is 3.21. The van der Waals surface area contributed by atoms with Crippen molar-refractivity contribution in [3.63, 3.8) is 0 Å². The van der Waals surface area contributed by atoms with E-state index < -0.39 is 0 Å². The van der Waals surface area contributed by atoms with Gasteiger partial charge in [-0.1, -0.05) is 23.7 Å². The highest BCUT2D eigenvalue weighted by Gasteiger charge is 2.22. The number of aromatic nitrogens is 2. The second kappa shape index (κ2) is 5.19. The Morgan fingerprint density at radius 3 is 2.75 bits per heavy atom. The fourth-order valence-corrected chi connectivity index (χ4v) is 2.44. The molecule has 1 aromatic heterocycles. The number of nitrogens with one attached hydrogen (secondary N) is 1. The van der Waals surface area contributed by atoms with E-state index in [2.05, 4.69) is 10.4 Å². The number of aryl methyl sites for hydroxylation is 1. The minimum Gasteiger partial charge on any atom is -0.310 e. The van der Waals surface area contributed by atoms with E-state index in [4.69, 9.17) is 11.6 Å². The topological polar surface area (TPSA) is 29.9 Å². The monoisotopic (exact) mass is 293 g/mol. The molecule has 106 valence electrons. The third-order valence-corrected chi connectivity index (χ3v) is 4.19. The molecule has 3 rings (SSSR count). The predicted octanol–water partition coefficient (Wildman–Crippen LogP) is 3.53. The Labute approximate surface area is 122 Å². The molecule has 1 N–H and O–H groups in total. The zero-order valence-electron chi connectivity index (χ0n) is 11.6. The van der Waals surface area contributed by atoms with Crippen LogP contribution in [0.5, 0.6) is 0 Å². The normalized spacial score (nSPS) is 14.8. The summed E-state index contributed by atoms with van der Waals surface area (Å²) in [5, 5.41) is 8.36. The number of hydrogen-bond acceptors (Lipinski definition) is 2. The number of halogens is 2. The van der Waals surface area contributed by atoms with Crippen LogP contribution in [-0.2, 0) is 6.54 Å². The van der Waals surface area contributed by atoms with E-state index in [0.717, 1.165) is 11.3 Å². The van der Waals surface area contributed by atoms with E-state index in [1.807, 2.05) is 19.9 Å². The van der Waals surface area contributed by atoms with Crippen LogP contribution in [0.3, 0.4) is 0 Å². The molecule has 0 bridgehead atoms. The quantitative estimate of drug-likeness (QED) is 0.934. The van der Waals surface area contributed by atoms with Crippen LogP contribution in [0, 0.1) is 19.7 Å². The SMILES string of the molecule is Cc1nn(-c2c(F)cccc2CNC2CC2)c(C)c1Cl. The number of hydrogen-bond donors (Lipinski definition) is 1. The first-order valence-corrected chi connectivity index (χ1v) is 7.18. The molecule has 1 aromatic carbocycles. The molecule has 0 spiro atoms. The molecular weight excluding hydrogens is 277 g/mol. The fourth-order valence-electron chi connectivity index (χ4n) is 2.32. The van der Waals surface area contributed by atoms with Gasteiger partial charge in [-0.25, -0.2) is 9.07 Å². The Hall–Kier alpha value is -1.39. The molecule has 1 aliphatic carbocycles. The van der Waals surface area contributed by atoms with Gasteiger partial charge in [-0.05, 0) is 38.3 Å². The van der Waals surface area contributed by atoms with E-state index in [9.17, 15) is 4.39 Å². The van der Waals surface area contributed by atoms with E-state index >= 15 is 0 Å². The minimum absolute atomic E-state index is 0.276. The van der Waals surface area contributed by atoms with Crippen LogP contribution in [0.25, 0.3) is 5.69 Å². The van der Waals surface area contributed by atoms with Crippen molar-refractivity contribution in [2.75, 3.05) is 0 Å². The molecule has 0 atom stereocenters. The first-order chi connectivity index (χ1) is 9.58. The van der Waals surface area contributed by atoms with Gasteiger partial charge in [-0.3, -0.25) is 0 Å². The Kier molecular flexibility index (Phi) is 3.52. The Balaban J connectivity index is 2.03.